The third-order valence-electron chi connectivity index (χ3n) is 3.32. The molecular formula is C15H15ClO. The fourth-order valence-corrected chi connectivity index (χ4v) is 2.28. The number of hydrogen-bond acceptors (Lipinski definition) is 1. The van der Waals surface area contributed by atoms with Crippen LogP contribution >= 0.6 is 11.6 Å². The Morgan fingerprint density at radius 2 is 2.00 bits per heavy atom. The molecule has 0 bridgehead atoms. The average molecular weight is 247 g/mol. The van der Waals surface area contributed by atoms with E-state index in [0.717, 1.165) is 6.42 Å². The van der Waals surface area contributed by atoms with Gasteiger partial charge in [-0.15, -0.1) is 0 Å². The van der Waals surface area contributed by atoms with E-state index >= 15 is 0 Å². The van der Waals surface area contributed by atoms with Gasteiger partial charge in [-0.1, -0.05) is 41.0 Å². The third kappa shape index (κ3) is 2.50. The van der Waals surface area contributed by atoms with Crippen LogP contribution < -0.4 is 0 Å². The summed E-state index contributed by atoms with van der Waals surface area (Å²) in [6.07, 6.45) is 3.54. The standard InChI is InChI=1S/C15H15ClO/c1-10-7-8-12(11(10)2)9-15(17)13-5-3-4-6-14(13)16/h3-7H,8-9H2,1-2H3. The van der Waals surface area contributed by atoms with Gasteiger partial charge in [0.2, 0.25) is 0 Å². The summed E-state index contributed by atoms with van der Waals surface area (Å²) >= 11 is 6.02. The molecule has 0 atom stereocenters. The Kier molecular flexibility index (Phi) is 3.49. The minimum atomic E-state index is 0.105. The molecule has 88 valence electrons. The van der Waals surface area contributed by atoms with E-state index in [9.17, 15) is 4.79 Å². The Morgan fingerprint density at radius 1 is 1.29 bits per heavy atom. The zero-order valence-corrected chi connectivity index (χ0v) is 10.8. The quantitative estimate of drug-likeness (QED) is 0.714. The van der Waals surface area contributed by atoms with Crippen molar-refractivity contribution in [2.45, 2.75) is 26.7 Å². The maximum Gasteiger partial charge on any atom is 0.168 e. The molecule has 0 radical (unpaired) electrons. The second-order valence-corrected chi connectivity index (χ2v) is 4.81. The molecule has 0 saturated heterocycles. The zero-order chi connectivity index (χ0) is 12.4. The molecule has 0 saturated carbocycles. The van der Waals surface area contributed by atoms with Crippen LogP contribution in [0.2, 0.25) is 5.02 Å². The van der Waals surface area contributed by atoms with Crippen LogP contribution in [0.4, 0.5) is 0 Å². The molecule has 0 amide bonds. The van der Waals surface area contributed by atoms with E-state index in [4.69, 9.17) is 11.6 Å². The van der Waals surface area contributed by atoms with Crippen LogP contribution in [0.1, 0.15) is 37.0 Å². The normalized spacial score (nSPS) is 15.1. The summed E-state index contributed by atoms with van der Waals surface area (Å²) in [5.41, 5.74) is 4.38. The summed E-state index contributed by atoms with van der Waals surface area (Å²) in [7, 11) is 0. The van der Waals surface area contributed by atoms with Crippen molar-refractivity contribution in [1.82, 2.24) is 0 Å². The van der Waals surface area contributed by atoms with E-state index in [0.29, 0.717) is 17.0 Å². The van der Waals surface area contributed by atoms with E-state index in [1.54, 1.807) is 12.1 Å². The summed E-state index contributed by atoms with van der Waals surface area (Å²) in [6, 6.07) is 7.23. The molecule has 1 aliphatic carbocycles. The van der Waals surface area contributed by atoms with Crippen molar-refractivity contribution in [2.24, 2.45) is 0 Å². The van der Waals surface area contributed by atoms with Gasteiger partial charge >= 0.3 is 0 Å². The first kappa shape index (κ1) is 12.1. The van der Waals surface area contributed by atoms with Crippen LogP contribution in [0, 0.1) is 0 Å². The molecule has 17 heavy (non-hydrogen) atoms. The number of hydrogen-bond donors (Lipinski definition) is 0. The van der Waals surface area contributed by atoms with E-state index in [1.807, 2.05) is 12.1 Å². The summed E-state index contributed by atoms with van der Waals surface area (Å²) in [4.78, 5) is 12.1. The van der Waals surface area contributed by atoms with Gasteiger partial charge in [-0.05, 0) is 38.0 Å². The third-order valence-corrected chi connectivity index (χ3v) is 3.65. The van der Waals surface area contributed by atoms with Crippen molar-refractivity contribution in [3.8, 4) is 0 Å². The highest BCUT2D eigenvalue weighted by Crippen LogP contribution is 2.29. The Hall–Kier alpha value is -1.34. The van der Waals surface area contributed by atoms with E-state index < -0.39 is 0 Å². The molecular weight excluding hydrogens is 232 g/mol. The highest BCUT2D eigenvalue weighted by molar-refractivity contribution is 6.34. The van der Waals surface area contributed by atoms with Crippen LogP contribution in [0.15, 0.2) is 47.1 Å². The number of halogens is 1. The van der Waals surface area contributed by atoms with Gasteiger partial charge in [-0.25, -0.2) is 0 Å². The minimum absolute atomic E-state index is 0.105. The second kappa shape index (κ2) is 4.89. The molecule has 0 heterocycles. The van der Waals surface area contributed by atoms with Crippen molar-refractivity contribution in [1.29, 1.82) is 0 Å². The monoisotopic (exact) mass is 246 g/mol. The molecule has 0 fully saturated rings. The van der Waals surface area contributed by atoms with Crippen molar-refractivity contribution in [2.75, 3.05) is 0 Å². The highest BCUT2D eigenvalue weighted by atomic mass is 35.5. The number of allylic oxidation sites excluding steroid dienone is 4. The van der Waals surface area contributed by atoms with Gasteiger partial charge in [0.05, 0.1) is 5.02 Å². The van der Waals surface area contributed by atoms with Crippen LogP contribution in [0.3, 0.4) is 0 Å². The second-order valence-electron chi connectivity index (χ2n) is 4.40. The van der Waals surface area contributed by atoms with Crippen LogP contribution in [0.5, 0.6) is 0 Å². The number of ketones is 1. The highest BCUT2D eigenvalue weighted by Gasteiger charge is 2.16. The number of Topliss-reactive ketones (excluding diaryl/α,β-unsaturated/α-hetero) is 1. The smallest absolute Gasteiger partial charge is 0.168 e. The van der Waals surface area contributed by atoms with Crippen molar-refractivity contribution in [3.63, 3.8) is 0 Å². The lowest BCUT2D eigenvalue weighted by molar-refractivity contribution is 0.0992. The predicted molar refractivity (Wildman–Crippen MR) is 71.5 cm³/mol. The van der Waals surface area contributed by atoms with E-state index in [1.165, 1.54) is 16.7 Å². The predicted octanol–water partition coefficient (Wildman–Crippen LogP) is 4.58. The van der Waals surface area contributed by atoms with E-state index in [2.05, 4.69) is 19.9 Å². The zero-order valence-electron chi connectivity index (χ0n) is 10.1. The molecule has 1 aromatic carbocycles. The lowest BCUT2D eigenvalue weighted by Gasteiger charge is -2.06. The molecule has 0 spiro atoms. The summed E-state index contributed by atoms with van der Waals surface area (Å²) in [6.45, 7) is 4.16. The molecule has 1 aromatic rings. The molecule has 2 heteroatoms. The SMILES string of the molecule is CC1=CCC(CC(=O)c2ccccc2Cl)=C1C. The topological polar surface area (TPSA) is 17.1 Å². The summed E-state index contributed by atoms with van der Waals surface area (Å²) < 4.78 is 0. The fraction of sp³-hybridized carbons (Fsp3) is 0.267. The van der Waals surface area contributed by atoms with Gasteiger partial charge in [0, 0.05) is 12.0 Å². The average Bonchev–Trinajstić information content (AvgIpc) is 2.61. The largest absolute Gasteiger partial charge is 0.294 e. The molecule has 2 rings (SSSR count). The number of rotatable bonds is 3. The first-order valence-electron chi connectivity index (χ1n) is 5.73. The summed E-state index contributed by atoms with van der Waals surface area (Å²) in [5.74, 6) is 0.105. The Labute approximate surface area is 107 Å². The maximum atomic E-state index is 12.1. The number of carbonyl (C=O) groups is 1. The van der Waals surface area contributed by atoms with Crippen molar-refractivity contribution >= 4 is 17.4 Å². The molecule has 0 aliphatic heterocycles. The molecule has 0 N–H and O–H groups in total. The van der Waals surface area contributed by atoms with Gasteiger partial charge < -0.3 is 0 Å². The molecule has 0 aromatic heterocycles. The Bertz CT molecular complexity index is 523. The molecule has 1 nitrogen and oxygen atoms in total. The van der Waals surface area contributed by atoms with Gasteiger partial charge in [-0.2, -0.15) is 0 Å². The lowest BCUT2D eigenvalue weighted by Crippen LogP contribution is -2.01. The maximum absolute atomic E-state index is 12.1. The van der Waals surface area contributed by atoms with Gasteiger partial charge in [0.1, 0.15) is 0 Å². The van der Waals surface area contributed by atoms with Crippen LogP contribution in [0.25, 0.3) is 0 Å². The van der Waals surface area contributed by atoms with Gasteiger partial charge in [-0.3, -0.25) is 4.79 Å². The minimum Gasteiger partial charge on any atom is -0.294 e. The van der Waals surface area contributed by atoms with Gasteiger partial charge in [0.15, 0.2) is 5.78 Å². The number of benzene rings is 1. The van der Waals surface area contributed by atoms with Gasteiger partial charge in [0.25, 0.3) is 0 Å². The van der Waals surface area contributed by atoms with E-state index in [-0.39, 0.29) is 5.78 Å². The Morgan fingerprint density at radius 3 is 2.59 bits per heavy atom. The molecule has 0 unspecified atom stereocenters. The fourth-order valence-electron chi connectivity index (χ4n) is 2.04. The van der Waals surface area contributed by atoms with Crippen LogP contribution in [-0.2, 0) is 0 Å². The van der Waals surface area contributed by atoms with Crippen LogP contribution in [-0.4, -0.2) is 5.78 Å². The van der Waals surface area contributed by atoms with Crippen molar-refractivity contribution < 1.29 is 4.79 Å². The first-order chi connectivity index (χ1) is 8.09. The number of carbonyl (C=O) groups excluding carboxylic acids is 1. The lowest BCUT2D eigenvalue weighted by atomic mass is 9.99. The van der Waals surface area contributed by atoms with Crippen molar-refractivity contribution in [3.05, 3.63) is 57.6 Å². The Balaban J connectivity index is 2.17. The summed E-state index contributed by atoms with van der Waals surface area (Å²) in [5, 5.41) is 0.540. The first-order valence-corrected chi connectivity index (χ1v) is 6.11. The molecule has 1 aliphatic rings.